The fraction of sp³-hybridized carbons (Fsp3) is 0.231. The Balaban J connectivity index is 2.48. The number of rotatable bonds is 3. The van der Waals surface area contributed by atoms with Crippen LogP contribution in [0.25, 0.3) is 11.3 Å². The van der Waals surface area contributed by atoms with Gasteiger partial charge in [0.05, 0.1) is 12.3 Å². The number of hydrogen-bond donors (Lipinski definition) is 1. The number of aromatic nitrogens is 2. The molecule has 0 amide bonds. The number of aryl methyl sites for hydroxylation is 1. The van der Waals surface area contributed by atoms with Crippen molar-refractivity contribution in [3.8, 4) is 17.0 Å². The Labute approximate surface area is 105 Å². The number of H-pyrrole nitrogens is 1. The molecule has 0 radical (unpaired) electrons. The molecule has 0 unspecified atom stereocenters. The molecule has 0 aliphatic heterocycles. The Morgan fingerprint density at radius 3 is 3.00 bits per heavy atom. The van der Waals surface area contributed by atoms with Crippen LogP contribution < -0.4 is 4.74 Å². The van der Waals surface area contributed by atoms with Gasteiger partial charge in [-0.25, -0.2) is 4.98 Å². The first-order valence-electron chi connectivity index (χ1n) is 5.50. The van der Waals surface area contributed by atoms with Crippen LogP contribution in [0, 0.1) is 11.7 Å². The lowest BCUT2D eigenvalue weighted by molar-refractivity contribution is 0.340. The second-order valence-electron chi connectivity index (χ2n) is 3.71. The predicted octanol–water partition coefficient (Wildman–Crippen LogP) is 3.51. The molecule has 0 aliphatic carbocycles. The highest BCUT2D eigenvalue weighted by Gasteiger charge is 2.03. The minimum Gasteiger partial charge on any atom is -0.494 e. The summed E-state index contributed by atoms with van der Waals surface area (Å²) in [6.07, 6.45) is 1.78. The Bertz CT molecular complexity index is 578. The average Bonchev–Trinajstić information content (AvgIpc) is 2.33. The third-order valence-electron chi connectivity index (χ3n) is 2.44. The molecule has 1 aromatic carbocycles. The molecule has 88 valence electrons. The highest BCUT2D eigenvalue weighted by Crippen LogP contribution is 2.24. The number of hydrogen-bond acceptors (Lipinski definition) is 3. The van der Waals surface area contributed by atoms with Gasteiger partial charge in [-0.05, 0) is 43.8 Å². The first-order chi connectivity index (χ1) is 8.20. The van der Waals surface area contributed by atoms with Crippen molar-refractivity contribution < 1.29 is 4.74 Å². The van der Waals surface area contributed by atoms with Gasteiger partial charge in [-0.3, -0.25) is 0 Å². The number of nitrogens with one attached hydrogen (secondary N) is 1. The van der Waals surface area contributed by atoms with Gasteiger partial charge in [-0.2, -0.15) is 0 Å². The lowest BCUT2D eigenvalue weighted by Gasteiger charge is -2.08. The summed E-state index contributed by atoms with van der Waals surface area (Å²) in [7, 11) is 0. The van der Waals surface area contributed by atoms with Crippen LogP contribution >= 0.6 is 12.2 Å². The summed E-state index contributed by atoms with van der Waals surface area (Å²) in [4.78, 5) is 7.16. The van der Waals surface area contributed by atoms with Crippen LogP contribution in [-0.2, 0) is 0 Å². The van der Waals surface area contributed by atoms with Gasteiger partial charge in [0.2, 0.25) is 0 Å². The molecule has 17 heavy (non-hydrogen) atoms. The molecule has 1 heterocycles. The van der Waals surface area contributed by atoms with Gasteiger partial charge in [0.1, 0.15) is 5.75 Å². The second-order valence-corrected chi connectivity index (χ2v) is 4.09. The molecule has 0 saturated heterocycles. The SMILES string of the molecule is CCOc1cccc(-c2[nH]c(=S)ncc2C)c1. The van der Waals surface area contributed by atoms with Crippen molar-refractivity contribution in [2.24, 2.45) is 0 Å². The monoisotopic (exact) mass is 246 g/mol. The summed E-state index contributed by atoms with van der Waals surface area (Å²) >= 11 is 5.05. The number of benzene rings is 1. The van der Waals surface area contributed by atoms with E-state index in [2.05, 4.69) is 9.97 Å². The van der Waals surface area contributed by atoms with Gasteiger partial charge in [0.25, 0.3) is 0 Å². The van der Waals surface area contributed by atoms with Gasteiger partial charge < -0.3 is 9.72 Å². The van der Waals surface area contributed by atoms with E-state index in [-0.39, 0.29) is 0 Å². The minimum absolute atomic E-state index is 0.493. The van der Waals surface area contributed by atoms with E-state index in [1.165, 1.54) is 0 Å². The molecule has 1 N–H and O–H groups in total. The lowest BCUT2D eigenvalue weighted by atomic mass is 10.1. The van der Waals surface area contributed by atoms with Crippen molar-refractivity contribution in [1.82, 2.24) is 9.97 Å². The fourth-order valence-electron chi connectivity index (χ4n) is 1.67. The van der Waals surface area contributed by atoms with Gasteiger partial charge in [0, 0.05) is 11.8 Å². The van der Waals surface area contributed by atoms with Crippen molar-refractivity contribution in [2.45, 2.75) is 13.8 Å². The second kappa shape index (κ2) is 5.10. The molecule has 2 aromatic rings. The lowest BCUT2D eigenvalue weighted by Crippen LogP contribution is -1.94. The summed E-state index contributed by atoms with van der Waals surface area (Å²) < 4.78 is 5.98. The van der Waals surface area contributed by atoms with E-state index in [1.54, 1.807) is 6.20 Å². The molecular formula is C13H14N2OS. The minimum atomic E-state index is 0.493. The molecule has 0 bridgehead atoms. The Morgan fingerprint density at radius 2 is 2.24 bits per heavy atom. The van der Waals surface area contributed by atoms with Crippen molar-refractivity contribution in [2.75, 3.05) is 6.61 Å². The van der Waals surface area contributed by atoms with E-state index in [4.69, 9.17) is 17.0 Å². The van der Waals surface area contributed by atoms with Gasteiger partial charge in [-0.15, -0.1) is 0 Å². The maximum absolute atomic E-state index is 5.48. The topological polar surface area (TPSA) is 37.9 Å². The average molecular weight is 246 g/mol. The van der Waals surface area contributed by atoms with Crippen molar-refractivity contribution in [3.05, 3.63) is 40.8 Å². The zero-order valence-corrected chi connectivity index (χ0v) is 10.7. The number of aromatic amines is 1. The molecular weight excluding hydrogens is 232 g/mol. The van der Waals surface area contributed by atoms with Gasteiger partial charge >= 0.3 is 0 Å². The first-order valence-corrected chi connectivity index (χ1v) is 5.90. The Kier molecular flexibility index (Phi) is 3.54. The van der Waals surface area contributed by atoms with Crippen LogP contribution in [0.3, 0.4) is 0 Å². The maximum Gasteiger partial charge on any atom is 0.197 e. The highest BCUT2D eigenvalue weighted by atomic mass is 32.1. The van der Waals surface area contributed by atoms with Crippen LogP contribution in [-0.4, -0.2) is 16.6 Å². The first kappa shape index (κ1) is 11.8. The summed E-state index contributed by atoms with van der Waals surface area (Å²) in [5, 5.41) is 0. The van der Waals surface area contributed by atoms with Crippen LogP contribution in [0.5, 0.6) is 5.75 Å². The summed E-state index contributed by atoms with van der Waals surface area (Å²) in [6.45, 7) is 4.63. The number of ether oxygens (including phenoxy) is 1. The third-order valence-corrected chi connectivity index (χ3v) is 2.64. The molecule has 0 saturated carbocycles. The highest BCUT2D eigenvalue weighted by molar-refractivity contribution is 7.71. The number of nitrogens with zero attached hydrogens (tertiary/aromatic N) is 1. The molecule has 3 nitrogen and oxygen atoms in total. The van der Waals surface area contributed by atoms with E-state index < -0.39 is 0 Å². The normalized spacial score (nSPS) is 10.2. The standard InChI is InChI=1S/C13H14N2OS/c1-3-16-11-6-4-5-10(7-11)12-9(2)8-14-13(17)15-12/h4-8H,3H2,1-2H3,(H,14,15,17). The Hall–Kier alpha value is -1.68. The third kappa shape index (κ3) is 2.71. The Morgan fingerprint density at radius 1 is 1.41 bits per heavy atom. The summed E-state index contributed by atoms with van der Waals surface area (Å²) in [5.41, 5.74) is 3.11. The molecule has 0 fully saturated rings. The zero-order valence-electron chi connectivity index (χ0n) is 9.86. The molecule has 0 spiro atoms. The zero-order chi connectivity index (χ0) is 12.3. The smallest absolute Gasteiger partial charge is 0.197 e. The largest absolute Gasteiger partial charge is 0.494 e. The summed E-state index contributed by atoms with van der Waals surface area (Å²) in [6, 6.07) is 7.93. The molecule has 0 atom stereocenters. The molecule has 4 heteroatoms. The van der Waals surface area contributed by atoms with Gasteiger partial charge in [0.15, 0.2) is 4.77 Å². The summed E-state index contributed by atoms with van der Waals surface area (Å²) in [5.74, 6) is 0.862. The van der Waals surface area contributed by atoms with E-state index in [0.717, 1.165) is 22.6 Å². The maximum atomic E-state index is 5.48. The van der Waals surface area contributed by atoms with Gasteiger partial charge in [-0.1, -0.05) is 12.1 Å². The van der Waals surface area contributed by atoms with E-state index in [0.29, 0.717) is 11.4 Å². The molecule has 1 aromatic heterocycles. The van der Waals surface area contributed by atoms with E-state index in [1.807, 2.05) is 38.1 Å². The molecule has 2 rings (SSSR count). The van der Waals surface area contributed by atoms with E-state index in [9.17, 15) is 0 Å². The van der Waals surface area contributed by atoms with Crippen molar-refractivity contribution in [1.29, 1.82) is 0 Å². The van der Waals surface area contributed by atoms with Crippen molar-refractivity contribution >= 4 is 12.2 Å². The van der Waals surface area contributed by atoms with Crippen LogP contribution in [0.4, 0.5) is 0 Å². The fourth-order valence-corrected chi connectivity index (χ4v) is 1.82. The van der Waals surface area contributed by atoms with Crippen LogP contribution in [0.1, 0.15) is 12.5 Å². The van der Waals surface area contributed by atoms with Crippen LogP contribution in [0.2, 0.25) is 0 Å². The molecule has 0 aliphatic rings. The van der Waals surface area contributed by atoms with Crippen LogP contribution in [0.15, 0.2) is 30.5 Å². The van der Waals surface area contributed by atoms with Crippen molar-refractivity contribution in [3.63, 3.8) is 0 Å². The predicted molar refractivity (Wildman–Crippen MR) is 70.8 cm³/mol. The quantitative estimate of drug-likeness (QED) is 0.842. The van der Waals surface area contributed by atoms with E-state index >= 15 is 0 Å².